The maximum atomic E-state index is 11.1. The maximum Gasteiger partial charge on any atom is 0.390 e. The summed E-state index contributed by atoms with van der Waals surface area (Å²) in [6.07, 6.45) is 0. The molecule has 0 aromatic carbocycles. The molecule has 0 saturated heterocycles. The van der Waals surface area contributed by atoms with Crippen molar-refractivity contribution in [1.82, 2.24) is 0 Å². The van der Waals surface area contributed by atoms with Crippen LogP contribution in [0, 0.1) is 0 Å². The minimum Gasteiger partial charge on any atom is -0.294 e. The van der Waals surface area contributed by atoms with E-state index in [0.717, 1.165) is 0 Å². The Morgan fingerprint density at radius 1 is 1.38 bits per heavy atom. The first-order chi connectivity index (χ1) is 5.62. The van der Waals surface area contributed by atoms with Crippen molar-refractivity contribution in [3.8, 4) is 0 Å². The van der Waals surface area contributed by atoms with Gasteiger partial charge in [-0.1, -0.05) is 12.2 Å². The summed E-state index contributed by atoms with van der Waals surface area (Å²) >= 11 is 0. The van der Waals surface area contributed by atoms with E-state index in [2.05, 4.69) is 10.8 Å². The Morgan fingerprint density at radius 3 is 2.15 bits per heavy atom. The van der Waals surface area contributed by atoms with Crippen LogP contribution < -0.4 is 0 Å². The third-order valence-corrected chi connectivity index (χ3v) is 4.02. The van der Waals surface area contributed by atoms with Gasteiger partial charge in [0.2, 0.25) is 8.32 Å². The predicted molar refractivity (Wildman–Crippen MR) is 54.1 cm³/mol. The SMILES string of the molecule is C=C(C)COS(=O)(=O)O[Si](C)(C)C. The summed E-state index contributed by atoms with van der Waals surface area (Å²) in [5.74, 6) is 0. The van der Waals surface area contributed by atoms with Crippen molar-refractivity contribution < 1.29 is 16.5 Å². The summed E-state index contributed by atoms with van der Waals surface area (Å²) in [6, 6.07) is 0. The Kier molecular flexibility index (Phi) is 4.30. The molecule has 0 heterocycles. The molecular formula is C7H16O4SSi. The molecule has 0 saturated carbocycles. The fourth-order valence-corrected chi connectivity index (χ4v) is 3.49. The highest BCUT2D eigenvalue weighted by Crippen LogP contribution is 2.10. The van der Waals surface area contributed by atoms with E-state index in [4.69, 9.17) is 3.87 Å². The maximum absolute atomic E-state index is 11.1. The molecule has 0 radical (unpaired) electrons. The molecule has 0 bridgehead atoms. The molecule has 0 aromatic rings. The average molecular weight is 224 g/mol. The number of hydrogen-bond donors (Lipinski definition) is 0. The molecule has 4 nitrogen and oxygen atoms in total. The van der Waals surface area contributed by atoms with Crippen molar-refractivity contribution in [3.05, 3.63) is 12.2 Å². The van der Waals surface area contributed by atoms with Crippen molar-refractivity contribution in [2.24, 2.45) is 0 Å². The minimum absolute atomic E-state index is 0.0210. The van der Waals surface area contributed by atoms with E-state index < -0.39 is 18.7 Å². The van der Waals surface area contributed by atoms with E-state index >= 15 is 0 Å². The smallest absolute Gasteiger partial charge is 0.294 e. The average Bonchev–Trinajstić information content (AvgIpc) is 1.78. The van der Waals surface area contributed by atoms with Crippen molar-refractivity contribution in [2.75, 3.05) is 6.61 Å². The summed E-state index contributed by atoms with van der Waals surface area (Å²) in [7, 11) is -5.94. The first-order valence-corrected chi connectivity index (χ1v) is 8.61. The lowest BCUT2D eigenvalue weighted by Crippen LogP contribution is -2.30. The lowest BCUT2D eigenvalue weighted by molar-refractivity contribution is 0.294. The zero-order chi connectivity index (χ0) is 10.7. The highest BCUT2D eigenvalue weighted by molar-refractivity contribution is 7.83. The van der Waals surface area contributed by atoms with Crippen LogP contribution in [0.15, 0.2) is 12.2 Å². The molecule has 13 heavy (non-hydrogen) atoms. The Morgan fingerprint density at radius 2 is 1.85 bits per heavy atom. The van der Waals surface area contributed by atoms with Crippen LogP contribution in [-0.4, -0.2) is 23.3 Å². The molecule has 0 aliphatic rings. The summed E-state index contributed by atoms with van der Waals surface area (Å²) in [5.41, 5.74) is 0.641. The van der Waals surface area contributed by atoms with Gasteiger partial charge in [0.25, 0.3) is 0 Å². The Hall–Kier alpha value is -0.173. The topological polar surface area (TPSA) is 52.6 Å². The van der Waals surface area contributed by atoms with Crippen LogP contribution in [0.2, 0.25) is 19.6 Å². The van der Waals surface area contributed by atoms with Gasteiger partial charge in [0.1, 0.15) is 0 Å². The van der Waals surface area contributed by atoms with Crippen molar-refractivity contribution in [1.29, 1.82) is 0 Å². The lowest BCUT2D eigenvalue weighted by atomic mass is 10.4. The van der Waals surface area contributed by atoms with Crippen LogP contribution in [0.4, 0.5) is 0 Å². The Balaban J connectivity index is 4.19. The van der Waals surface area contributed by atoms with Crippen molar-refractivity contribution >= 4 is 18.7 Å². The van der Waals surface area contributed by atoms with Gasteiger partial charge < -0.3 is 0 Å². The van der Waals surface area contributed by atoms with Crippen molar-refractivity contribution in [2.45, 2.75) is 26.6 Å². The summed E-state index contributed by atoms with van der Waals surface area (Å²) in [4.78, 5) is 0. The van der Waals surface area contributed by atoms with E-state index in [9.17, 15) is 8.42 Å². The van der Waals surface area contributed by atoms with Crippen LogP contribution in [0.3, 0.4) is 0 Å². The molecule has 0 atom stereocenters. The van der Waals surface area contributed by atoms with Crippen molar-refractivity contribution in [3.63, 3.8) is 0 Å². The van der Waals surface area contributed by atoms with Gasteiger partial charge in [0, 0.05) is 0 Å². The van der Waals surface area contributed by atoms with Gasteiger partial charge in [-0.3, -0.25) is 3.87 Å². The van der Waals surface area contributed by atoms with Crippen LogP contribution in [0.1, 0.15) is 6.92 Å². The number of rotatable bonds is 5. The molecular weight excluding hydrogens is 208 g/mol. The van der Waals surface area contributed by atoms with E-state index in [1.54, 1.807) is 26.6 Å². The fourth-order valence-electron chi connectivity index (χ4n) is 0.503. The van der Waals surface area contributed by atoms with Crippen LogP contribution in [-0.2, 0) is 18.5 Å². The monoisotopic (exact) mass is 224 g/mol. The molecule has 0 unspecified atom stereocenters. The zero-order valence-electron chi connectivity index (χ0n) is 8.46. The fraction of sp³-hybridized carbons (Fsp3) is 0.714. The molecule has 0 N–H and O–H groups in total. The second-order valence-corrected chi connectivity index (χ2v) is 9.77. The van der Waals surface area contributed by atoms with E-state index in [1.807, 2.05) is 0 Å². The normalized spacial score (nSPS) is 12.9. The van der Waals surface area contributed by atoms with Gasteiger partial charge in [-0.15, -0.1) is 0 Å². The molecule has 0 aromatic heterocycles. The standard InChI is InChI=1S/C7H16O4SSi/c1-7(2)6-10-12(8,9)11-13(3,4)5/h1,6H2,2-5H3. The first-order valence-electron chi connectivity index (χ1n) is 3.87. The quantitative estimate of drug-likeness (QED) is 0.526. The predicted octanol–water partition coefficient (Wildman–Crippen LogP) is 1.68. The van der Waals surface area contributed by atoms with Gasteiger partial charge in [0.15, 0.2) is 0 Å². The molecule has 0 amide bonds. The molecule has 0 spiro atoms. The van der Waals surface area contributed by atoms with Gasteiger partial charge in [0.05, 0.1) is 6.61 Å². The van der Waals surface area contributed by atoms with Gasteiger partial charge in [-0.25, -0.2) is 4.18 Å². The Labute approximate surface area is 81.0 Å². The molecule has 6 heteroatoms. The second-order valence-electron chi connectivity index (χ2n) is 3.82. The highest BCUT2D eigenvalue weighted by atomic mass is 32.3. The summed E-state index contributed by atoms with van der Waals surface area (Å²) in [5, 5.41) is 0. The molecule has 0 fully saturated rings. The highest BCUT2D eigenvalue weighted by Gasteiger charge is 2.24. The van der Waals surface area contributed by atoms with Crippen LogP contribution in [0.5, 0.6) is 0 Å². The van der Waals surface area contributed by atoms with Gasteiger partial charge in [-0.2, -0.15) is 8.42 Å². The summed E-state index contributed by atoms with van der Waals surface area (Å²) in [6.45, 7) is 10.5. The van der Waals surface area contributed by atoms with Crippen LogP contribution >= 0.6 is 0 Å². The van der Waals surface area contributed by atoms with Crippen LogP contribution in [0.25, 0.3) is 0 Å². The largest absolute Gasteiger partial charge is 0.390 e. The lowest BCUT2D eigenvalue weighted by Gasteiger charge is -2.15. The molecule has 78 valence electrons. The van der Waals surface area contributed by atoms with Gasteiger partial charge in [-0.05, 0) is 26.6 Å². The minimum atomic E-state index is -3.83. The third kappa shape index (κ3) is 8.17. The third-order valence-electron chi connectivity index (χ3n) is 0.802. The molecule has 0 rings (SSSR count). The number of hydrogen-bond acceptors (Lipinski definition) is 4. The van der Waals surface area contributed by atoms with Gasteiger partial charge >= 0.3 is 10.4 Å². The second kappa shape index (κ2) is 4.36. The first kappa shape index (κ1) is 12.8. The van der Waals surface area contributed by atoms with E-state index in [1.165, 1.54) is 0 Å². The zero-order valence-corrected chi connectivity index (χ0v) is 10.3. The molecule has 0 aliphatic carbocycles. The summed E-state index contributed by atoms with van der Waals surface area (Å²) < 4.78 is 31.6. The Bertz CT molecular complexity index is 275. The molecule has 0 aliphatic heterocycles. The van der Waals surface area contributed by atoms with E-state index in [-0.39, 0.29) is 6.61 Å². The van der Waals surface area contributed by atoms with E-state index in [0.29, 0.717) is 5.57 Å².